The standard InChI is InChI=1S/C28H40N2O3.HI/c1-6-28(29,7-2)20(5)14-16-32-21-10-12-23-24-13-11-22(33-17-15-30(8-3)9-4)19-26(24)27(31)25(23)18-21;/h10-13,18-20H,6-9,14-17,29H2,1-5H3;1H. The van der Waals surface area contributed by atoms with Gasteiger partial charge in [0.05, 0.1) is 12.1 Å². The Balaban J connectivity index is 0.00000408. The first-order valence-electron chi connectivity index (χ1n) is 12.5. The molecule has 0 saturated carbocycles. The fourth-order valence-corrected chi connectivity index (χ4v) is 4.66. The molecular weight excluding hydrogens is 539 g/mol. The predicted octanol–water partition coefficient (Wildman–Crippen LogP) is 1.83. The van der Waals surface area contributed by atoms with E-state index in [0.717, 1.165) is 61.5 Å². The first-order valence-corrected chi connectivity index (χ1v) is 12.5. The van der Waals surface area contributed by atoms with Crippen molar-refractivity contribution >= 4 is 5.78 Å². The van der Waals surface area contributed by atoms with Crippen molar-refractivity contribution in [2.45, 2.75) is 59.4 Å². The van der Waals surface area contributed by atoms with Crippen LogP contribution in [0.1, 0.15) is 69.8 Å². The number of halogens is 1. The molecular formula is C28H41IN2O3. The molecule has 0 aliphatic heterocycles. The summed E-state index contributed by atoms with van der Waals surface area (Å²) in [5.41, 5.74) is 7.91. The van der Waals surface area contributed by atoms with Crippen LogP contribution in [0.2, 0.25) is 0 Å². The normalized spacial score (nSPS) is 13.3. The van der Waals surface area contributed by atoms with Gasteiger partial charge < -0.3 is 44.1 Å². The summed E-state index contributed by atoms with van der Waals surface area (Å²) in [4.78, 5) is 15.4. The highest BCUT2D eigenvalue weighted by molar-refractivity contribution is 6.22. The van der Waals surface area contributed by atoms with Crippen LogP contribution in [0.25, 0.3) is 11.1 Å². The van der Waals surface area contributed by atoms with E-state index in [1.54, 1.807) is 0 Å². The SMILES string of the molecule is CCN(CC)CCOc1ccc2c(c1)C(=O)c1cc(OCCC(C)C([NH3+])(CC)CC)ccc1-2.[I-]. The molecule has 5 nitrogen and oxygen atoms in total. The summed E-state index contributed by atoms with van der Waals surface area (Å²) in [6, 6.07) is 11.7. The molecule has 1 aliphatic carbocycles. The minimum atomic E-state index is 0. The van der Waals surface area contributed by atoms with E-state index in [-0.39, 0.29) is 35.3 Å². The number of hydrogen-bond donors (Lipinski definition) is 1. The first kappa shape index (κ1) is 28.6. The van der Waals surface area contributed by atoms with Crippen LogP contribution in [0.5, 0.6) is 11.5 Å². The van der Waals surface area contributed by atoms with E-state index in [9.17, 15) is 4.79 Å². The molecule has 2 aromatic rings. The highest BCUT2D eigenvalue weighted by Gasteiger charge is 2.32. The molecule has 1 aliphatic rings. The van der Waals surface area contributed by atoms with Gasteiger partial charge in [0.2, 0.25) is 0 Å². The van der Waals surface area contributed by atoms with Crippen LogP contribution in [0.4, 0.5) is 0 Å². The summed E-state index contributed by atoms with van der Waals surface area (Å²) in [5.74, 6) is 2.02. The van der Waals surface area contributed by atoms with Gasteiger partial charge in [0.1, 0.15) is 18.1 Å². The Kier molecular flexibility index (Phi) is 10.8. The Morgan fingerprint density at radius 2 is 1.35 bits per heavy atom. The van der Waals surface area contributed by atoms with E-state index in [1.807, 2.05) is 36.4 Å². The number of likely N-dealkylation sites (N-methyl/N-ethyl adjacent to an activating group) is 1. The maximum Gasteiger partial charge on any atom is 0.194 e. The van der Waals surface area contributed by atoms with Gasteiger partial charge in [0.25, 0.3) is 0 Å². The summed E-state index contributed by atoms with van der Waals surface area (Å²) in [6.07, 6.45) is 3.08. The van der Waals surface area contributed by atoms with Crippen molar-refractivity contribution in [2.75, 3.05) is 32.8 Å². The zero-order chi connectivity index (χ0) is 24.0. The Morgan fingerprint density at radius 3 is 1.82 bits per heavy atom. The highest BCUT2D eigenvalue weighted by atomic mass is 127. The van der Waals surface area contributed by atoms with Gasteiger partial charge >= 0.3 is 0 Å². The molecule has 0 fully saturated rings. The molecule has 1 atom stereocenters. The summed E-state index contributed by atoms with van der Waals surface area (Å²) >= 11 is 0. The number of ketones is 1. The zero-order valence-corrected chi connectivity index (χ0v) is 23.6. The number of rotatable bonds is 13. The van der Waals surface area contributed by atoms with Gasteiger partial charge in [0, 0.05) is 23.6 Å². The number of carbonyl (C=O) groups excluding carboxylic acids is 1. The number of benzene rings is 2. The Morgan fingerprint density at radius 1 is 0.853 bits per heavy atom. The van der Waals surface area contributed by atoms with Gasteiger partial charge in [-0.3, -0.25) is 4.79 Å². The molecule has 0 radical (unpaired) electrons. The number of hydrogen-bond acceptors (Lipinski definition) is 4. The second-order valence-corrected chi connectivity index (χ2v) is 9.23. The lowest BCUT2D eigenvalue weighted by Gasteiger charge is -2.30. The third kappa shape index (κ3) is 6.32. The molecule has 34 heavy (non-hydrogen) atoms. The second-order valence-electron chi connectivity index (χ2n) is 9.23. The highest BCUT2D eigenvalue weighted by Crippen LogP contribution is 2.40. The molecule has 0 saturated heterocycles. The summed E-state index contributed by atoms with van der Waals surface area (Å²) in [5, 5.41) is 0. The van der Waals surface area contributed by atoms with Crippen LogP contribution in [0.3, 0.4) is 0 Å². The molecule has 2 aromatic carbocycles. The third-order valence-electron chi connectivity index (χ3n) is 7.61. The Bertz CT molecular complexity index is 955. The molecule has 3 N–H and O–H groups in total. The largest absolute Gasteiger partial charge is 1.00 e. The second kappa shape index (κ2) is 12.9. The first-order chi connectivity index (χ1) is 15.9. The van der Waals surface area contributed by atoms with Crippen molar-refractivity contribution in [3.63, 3.8) is 0 Å². The lowest BCUT2D eigenvalue weighted by molar-refractivity contribution is -0.494. The fourth-order valence-electron chi connectivity index (χ4n) is 4.66. The van der Waals surface area contributed by atoms with E-state index in [1.165, 1.54) is 0 Å². The fraction of sp³-hybridized carbons (Fsp3) is 0.536. The molecule has 0 aromatic heterocycles. The predicted molar refractivity (Wildman–Crippen MR) is 134 cm³/mol. The topological polar surface area (TPSA) is 66.4 Å². The van der Waals surface area contributed by atoms with E-state index in [2.05, 4.69) is 45.3 Å². The quantitative estimate of drug-likeness (QED) is 0.314. The number of nitrogens with zero attached hydrogens (tertiary/aromatic N) is 1. The molecule has 3 rings (SSSR count). The molecule has 0 amide bonds. The average molecular weight is 581 g/mol. The molecule has 188 valence electrons. The van der Waals surface area contributed by atoms with Crippen LogP contribution in [-0.2, 0) is 0 Å². The van der Waals surface area contributed by atoms with E-state index in [4.69, 9.17) is 9.47 Å². The molecule has 6 heteroatoms. The van der Waals surface area contributed by atoms with E-state index in [0.29, 0.717) is 30.3 Å². The molecule has 0 bridgehead atoms. The maximum atomic E-state index is 13.1. The van der Waals surface area contributed by atoms with Gasteiger partial charge in [0.15, 0.2) is 5.78 Å². The number of quaternary nitrogens is 1. The number of fused-ring (bicyclic) bond motifs is 3. The van der Waals surface area contributed by atoms with Crippen molar-refractivity contribution < 1.29 is 44.0 Å². The van der Waals surface area contributed by atoms with Crippen molar-refractivity contribution in [3.05, 3.63) is 47.5 Å². The van der Waals surface area contributed by atoms with Crippen molar-refractivity contribution in [1.82, 2.24) is 4.90 Å². The van der Waals surface area contributed by atoms with Gasteiger partial charge in [-0.15, -0.1) is 0 Å². The number of ether oxygens (including phenoxy) is 2. The third-order valence-corrected chi connectivity index (χ3v) is 7.61. The summed E-state index contributed by atoms with van der Waals surface area (Å²) in [7, 11) is 0. The Hall–Kier alpha value is -1.64. The molecule has 0 heterocycles. The lowest BCUT2D eigenvalue weighted by Crippen LogP contribution is -3.00. The summed E-state index contributed by atoms with van der Waals surface area (Å²) < 4.78 is 12.0. The van der Waals surface area contributed by atoms with Gasteiger partial charge in [-0.05, 0) is 79.9 Å². The monoisotopic (exact) mass is 580 g/mol. The van der Waals surface area contributed by atoms with Crippen LogP contribution < -0.4 is 39.2 Å². The minimum absolute atomic E-state index is 0. The smallest absolute Gasteiger partial charge is 0.194 e. The Labute approximate surface area is 222 Å². The van der Waals surface area contributed by atoms with Crippen LogP contribution in [0.15, 0.2) is 36.4 Å². The van der Waals surface area contributed by atoms with E-state index < -0.39 is 0 Å². The summed E-state index contributed by atoms with van der Waals surface area (Å²) in [6.45, 7) is 15.1. The van der Waals surface area contributed by atoms with Crippen LogP contribution >= 0.6 is 0 Å². The van der Waals surface area contributed by atoms with Crippen molar-refractivity contribution in [2.24, 2.45) is 5.92 Å². The lowest BCUT2D eigenvalue weighted by atomic mass is 9.80. The minimum Gasteiger partial charge on any atom is -1.00 e. The van der Waals surface area contributed by atoms with E-state index >= 15 is 0 Å². The zero-order valence-electron chi connectivity index (χ0n) is 21.5. The average Bonchev–Trinajstić information content (AvgIpc) is 3.12. The van der Waals surface area contributed by atoms with Gasteiger partial charge in [-0.25, -0.2) is 0 Å². The molecule has 1 unspecified atom stereocenters. The molecule has 0 spiro atoms. The van der Waals surface area contributed by atoms with Crippen molar-refractivity contribution in [1.29, 1.82) is 0 Å². The van der Waals surface area contributed by atoms with Crippen LogP contribution in [-0.4, -0.2) is 49.1 Å². The van der Waals surface area contributed by atoms with Gasteiger partial charge in [-0.1, -0.05) is 34.6 Å². The maximum absolute atomic E-state index is 13.1. The van der Waals surface area contributed by atoms with Crippen LogP contribution in [0, 0.1) is 5.92 Å². The van der Waals surface area contributed by atoms with Gasteiger partial charge in [-0.2, -0.15) is 0 Å². The number of carbonyl (C=O) groups is 1. The van der Waals surface area contributed by atoms with Crippen molar-refractivity contribution in [3.8, 4) is 22.6 Å².